The highest BCUT2D eigenvalue weighted by Crippen LogP contribution is 2.41. The molecule has 0 saturated heterocycles. The van der Waals surface area contributed by atoms with Crippen LogP contribution in [-0.4, -0.2) is 53.7 Å². The summed E-state index contributed by atoms with van der Waals surface area (Å²) >= 11 is 0. The van der Waals surface area contributed by atoms with Gasteiger partial charge in [-0.1, -0.05) is 48.5 Å². The maximum Gasteiger partial charge on any atom is 0.249 e. The van der Waals surface area contributed by atoms with E-state index in [9.17, 15) is 9.59 Å². The summed E-state index contributed by atoms with van der Waals surface area (Å²) in [6.45, 7) is 5.68. The van der Waals surface area contributed by atoms with E-state index in [0.29, 0.717) is 46.0 Å². The number of nitrogens with one attached hydrogen (secondary N) is 1. The second-order valence-electron chi connectivity index (χ2n) is 9.88. The number of ether oxygens (including phenoxy) is 3. The lowest BCUT2D eigenvalue weighted by Crippen LogP contribution is -2.51. The van der Waals surface area contributed by atoms with E-state index in [1.54, 1.807) is 42.5 Å². The molecule has 0 fully saturated rings. The fourth-order valence-electron chi connectivity index (χ4n) is 4.50. The monoisotopic (exact) mass is 545 g/mol. The van der Waals surface area contributed by atoms with Crippen molar-refractivity contribution in [2.45, 2.75) is 45.3 Å². The Kier molecular flexibility index (Phi) is 8.57. The summed E-state index contributed by atoms with van der Waals surface area (Å²) in [6, 6.07) is 18.6. The van der Waals surface area contributed by atoms with Gasteiger partial charge in [0.25, 0.3) is 0 Å². The number of rotatable bonds is 11. The van der Waals surface area contributed by atoms with Crippen LogP contribution in [0.15, 0.2) is 66.7 Å². The molecule has 0 aliphatic rings. The average molecular weight is 546 g/mol. The van der Waals surface area contributed by atoms with Crippen molar-refractivity contribution in [1.29, 1.82) is 0 Å². The lowest BCUT2D eigenvalue weighted by atomic mass is 9.97. The molecule has 210 valence electrons. The lowest BCUT2D eigenvalue weighted by molar-refractivity contribution is -0.128. The Morgan fingerprint density at radius 1 is 0.925 bits per heavy atom. The molecule has 1 aromatic heterocycles. The summed E-state index contributed by atoms with van der Waals surface area (Å²) in [5, 5.41) is 11.5. The van der Waals surface area contributed by atoms with Gasteiger partial charge in [0.2, 0.25) is 11.8 Å². The predicted octanol–water partition coefficient (Wildman–Crippen LogP) is 4.54. The van der Waals surface area contributed by atoms with Crippen molar-refractivity contribution in [3.63, 3.8) is 0 Å². The van der Waals surface area contributed by atoms with Crippen LogP contribution < -0.4 is 24.4 Å². The van der Waals surface area contributed by atoms with Gasteiger partial charge in [-0.2, -0.15) is 0 Å². The number of fused-ring (bicyclic) bond motifs is 1. The number of hydrogen-bond acceptors (Lipinski definition) is 7. The van der Waals surface area contributed by atoms with Crippen LogP contribution >= 0.6 is 0 Å². The van der Waals surface area contributed by atoms with Crippen LogP contribution in [0.1, 0.15) is 38.8 Å². The molecule has 0 bridgehead atoms. The van der Waals surface area contributed by atoms with Gasteiger partial charge in [0, 0.05) is 11.1 Å². The van der Waals surface area contributed by atoms with Gasteiger partial charge in [-0.05, 0) is 50.6 Å². The van der Waals surface area contributed by atoms with Crippen LogP contribution in [0.4, 0.5) is 5.69 Å². The number of para-hydroxylation sites is 4. The third-order valence-electron chi connectivity index (χ3n) is 6.90. The van der Waals surface area contributed by atoms with E-state index in [4.69, 9.17) is 14.2 Å². The summed E-state index contributed by atoms with van der Waals surface area (Å²) in [5.74, 6) is 0.412. The van der Waals surface area contributed by atoms with Crippen LogP contribution in [0, 0.1) is 0 Å². The normalized spacial score (nSPS) is 12.1. The number of amides is 2. The van der Waals surface area contributed by atoms with Crippen molar-refractivity contribution in [1.82, 2.24) is 20.3 Å². The first-order chi connectivity index (χ1) is 19.2. The van der Waals surface area contributed by atoms with Crippen molar-refractivity contribution >= 4 is 28.5 Å². The number of nitrogens with zero attached hydrogens (tertiary/aromatic N) is 4. The van der Waals surface area contributed by atoms with Gasteiger partial charge < -0.3 is 19.5 Å². The Bertz CT molecular complexity index is 1500. The van der Waals surface area contributed by atoms with Crippen LogP contribution in [0.3, 0.4) is 0 Å². The predicted molar refractivity (Wildman–Crippen MR) is 153 cm³/mol. The lowest BCUT2D eigenvalue weighted by Gasteiger charge is -2.35. The van der Waals surface area contributed by atoms with Crippen LogP contribution in [0.2, 0.25) is 0 Å². The summed E-state index contributed by atoms with van der Waals surface area (Å²) in [7, 11) is 4.55. The standard InChI is InChI=1S/C30H35N5O5/c1-7-30(2,3)31-29(37)27(20-13-12-18-25(39-5)28(20)40-6)35(23-16-10-11-17-24(23)38-4)26(36)19-34-22-15-9-8-14-21(22)32-33-34/h8-18,27H,7,19H2,1-6H3,(H,31,37)/t27-/m1/s1. The van der Waals surface area contributed by atoms with Crippen LogP contribution in [0.5, 0.6) is 17.2 Å². The molecule has 10 nitrogen and oxygen atoms in total. The summed E-state index contributed by atoms with van der Waals surface area (Å²) in [4.78, 5) is 30.0. The number of anilines is 1. The molecule has 0 aliphatic heterocycles. The minimum absolute atomic E-state index is 0.175. The van der Waals surface area contributed by atoms with Crippen LogP contribution in [-0.2, 0) is 16.1 Å². The van der Waals surface area contributed by atoms with Gasteiger partial charge >= 0.3 is 0 Å². The molecule has 0 saturated carbocycles. The first-order valence-corrected chi connectivity index (χ1v) is 13.0. The fraction of sp³-hybridized carbons (Fsp3) is 0.333. The van der Waals surface area contributed by atoms with E-state index >= 15 is 0 Å². The average Bonchev–Trinajstić information content (AvgIpc) is 3.37. The molecule has 3 aromatic carbocycles. The maximum absolute atomic E-state index is 14.4. The largest absolute Gasteiger partial charge is 0.495 e. The fourth-order valence-corrected chi connectivity index (χ4v) is 4.50. The third-order valence-corrected chi connectivity index (χ3v) is 6.90. The second-order valence-corrected chi connectivity index (χ2v) is 9.88. The number of aromatic nitrogens is 3. The molecule has 0 unspecified atom stereocenters. The number of hydrogen-bond donors (Lipinski definition) is 1. The summed E-state index contributed by atoms with van der Waals surface area (Å²) in [5.41, 5.74) is 1.68. The number of benzene rings is 3. The first-order valence-electron chi connectivity index (χ1n) is 13.0. The Morgan fingerprint density at radius 3 is 2.30 bits per heavy atom. The second kappa shape index (κ2) is 12.1. The SMILES string of the molecule is CCC(C)(C)NC(=O)[C@@H](c1cccc(OC)c1OC)N(C(=O)Cn1nnc2ccccc21)c1ccccc1OC. The minimum Gasteiger partial charge on any atom is -0.495 e. The minimum atomic E-state index is -1.14. The van der Waals surface area contributed by atoms with E-state index in [1.165, 1.54) is 30.9 Å². The van der Waals surface area contributed by atoms with Gasteiger partial charge in [-0.15, -0.1) is 5.10 Å². The van der Waals surface area contributed by atoms with Crippen LogP contribution in [0.25, 0.3) is 11.0 Å². The Balaban J connectivity index is 1.94. The van der Waals surface area contributed by atoms with Crippen molar-refractivity contribution < 1.29 is 23.8 Å². The van der Waals surface area contributed by atoms with Crippen molar-refractivity contribution in [3.05, 3.63) is 72.3 Å². The molecule has 0 radical (unpaired) electrons. The molecule has 10 heteroatoms. The molecule has 2 amide bonds. The van der Waals surface area contributed by atoms with Crippen molar-refractivity contribution in [3.8, 4) is 17.2 Å². The van der Waals surface area contributed by atoms with Gasteiger partial charge in [-0.3, -0.25) is 14.5 Å². The molecule has 4 aromatic rings. The molecule has 1 heterocycles. The van der Waals surface area contributed by atoms with E-state index < -0.39 is 17.5 Å². The summed E-state index contributed by atoms with van der Waals surface area (Å²) < 4.78 is 18.5. The quantitative estimate of drug-likeness (QED) is 0.295. The maximum atomic E-state index is 14.4. The van der Waals surface area contributed by atoms with E-state index in [-0.39, 0.29) is 12.5 Å². The van der Waals surface area contributed by atoms with Crippen molar-refractivity contribution in [2.24, 2.45) is 0 Å². The number of carbonyl (C=O) groups is 2. The van der Waals surface area contributed by atoms with Crippen molar-refractivity contribution in [2.75, 3.05) is 26.2 Å². The Morgan fingerprint density at radius 2 is 1.60 bits per heavy atom. The molecular formula is C30H35N5O5. The highest BCUT2D eigenvalue weighted by Gasteiger charge is 2.38. The smallest absolute Gasteiger partial charge is 0.249 e. The van der Waals surface area contributed by atoms with E-state index in [1.807, 2.05) is 45.0 Å². The van der Waals surface area contributed by atoms with E-state index in [0.717, 1.165) is 0 Å². The number of methoxy groups -OCH3 is 3. The Hall–Kier alpha value is -4.60. The zero-order chi connectivity index (χ0) is 28.9. The third kappa shape index (κ3) is 5.70. The molecule has 0 spiro atoms. The zero-order valence-corrected chi connectivity index (χ0v) is 23.7. The Labute approximate surface area is 233 Å². The highest BCUT2D eigenvalue weighted by atomic mass is 16.5. The van der Waals surface area contributed by atoms with Gasteiger partial charge in [-0.25, -0.2) is 4.68 Å². The van der Waals surface area contributed by atoms with Gasteiger partial charge in [0.05, 0.1) is 32.5 Å². The first kappa shape index (κ1) is 28.4. The molecule has 1 N–H and O–H groups in total. The molecule has 0 aliphatic carbocycles. The number of carbonyl (C=O) groups excluding carboxylic acids is 2. The summed E-state index contributed by atoms with van der Waals surface area (Å²) in [6.07, 6.45) is 0.675. The molecule has 1 atom stereocenters. The van der Waals surface area contributed by atoms with Gasteiger partial charge in [0.1, 0.15) is 23.9 Å². The zero-order valence-electron chi connectivity index (χ0n) is 23.7. The molecular weight excluding hydrogens is 510 g/mol. The highest BCUT2D eigenvalue weighted by molar-refractivity contribution is 6.03. The topological polar surface area (TPSA) is 108 Å². The van der Waals surface area contributed by atoms with Gasteiger partial charge in [0.15, 0.2) is 11.5 Å². The van der Waals surface area contributed by atoms with E-state index in [2.05, 4.69) is 15.6 Å². The molecule has 4 rings (SSSR count). The molecule has 40 heavy (non-hydrogen) atoms.